The Morgan fingerprint density at radius 1 is 0.472 bits per heavy atom. The predicted octanol–water partition coefficient (Wildman–Crippen LogP) is 11.2. The van der Waals surface area contributed by atoms with E-state index in [0.29, 0.717) is 15.5 Å². The monoisotopic (exact) mass is 665 g/mol. The third-order valence-electron chi connectivity index (χ3n) is 8.61. The standard InChI is InChI=1S/C30H69NP2Si2.Rh.H/c1-25(2,3)32(26(4,5)6,27(7,8)9)23-34(19,20)31-35(21,22)24-33(28(10,11)12,29(13,14)15)30(16,17)18;;/h1,23-24H2,2-22H3;;/q;+2;. The van der Waals surface area contributed by atoms with Crippen molar-refractivity contribution in [2.24, 2.45) is 0 Å². The van der Waals surface area contributed by atoms with Crippen LogP contribution in [0.25, 0.3) is 4.65 Å². The average molecular weight is 666 g/mol. The Morgan fingerprint density at radius 3 is 0.833 bits per heavy atom. The summed E-state index contributed by atoms with van der Waals surface area (Å²) in [7, 11) is -6.65. The quantitative estimate of drug-likeness (QED) is 0.146. The van der Waals surface area contributed by atoms with Gasteiger partial charge in [0.25, 0.3) is 0 Å². The summed E-state index contributed by atoms with van der Waals surface area (Å²) in [5.74, 6) is 2.67. The molecule has 6 heteroatoms. The summed E-state index contributed by atoms with van der Waals surface area (Å²) in [6.45, 7) is 57.9. The fraction of sp³-hybridized carbons (Fsp3) is 0.967. The van der Waals surface area contributed by atoms with Crippen LogP contribution in [0, 0.1) is 6.92 Å². The van der Waals surface area contributed by atoms with Crippen LogP contribution >= 0.6 is 14.5 Å². The SMILES string of the molecule is [CH2-]C(C)(C)[P+](C[Si](C)(C)[N-][Si](C)(C)C[P+](C(C)(C)C)(C(C)(C)C)C(C)(C)C)(C(C)(C)C)C(C)(C)C.[RhH+2]. The Bertz CT molecular complexity index is 585. The summed E-state index contributed by atoms with van der Waals surface area (Å²) >= 11 is 0. The molecule has 1 nitrogen and oxygen atoms in total. The van der Waals surface area contributed by atoms with Gasteiger partial charge in [0.15, 0.2) is 0 Å². The van der Waals surface area contributed by atoms with E-state index < -0.39 is 31.0 Å². The van der Waals surface area contributed by atoms with Crippen molar-refractivity contribution >= 4 is 31.0 Å². The number of hydrogen-bond donors (Lipinski definition) is 0. The second-order valence-corrected chi connectivity index (χ2v) is 40.2. The molecule has 0 heterocycles. The van der Waals surface area contributed by atoms with Crippen LogP contribution in [0.15, 0.2) is 0 Å². The molecule has 0 aromatic heterocycles. The van der Waals surface area contributed by atoms with E-state index in [9.17, 15) is 0 Å². The van der Waals surface area contributed by atoms with Crippen molar-refractivity contribution in [3.8, 4) is 0 Å². The van der Waals surface area contributed by atoms with Gasteiger partial charge in [-0.25, -0.2) is 0 Å². The zero-order valence-electron chi connectivity index (χ0n) is 28.8. The van der Waals surface area contributed by atoms with Crippen molar-refractivity contribution in [2.75, 3.05) is 11.6 Å². The number of rotatable bonds is 7. The molecule has 220 valence electrons. The molecule has 0 saturated heterocycles. The molecular weight excluding hydrogens is 595 g/mol. The molecule has 0 N–H and O–H groups in total. The summed E-state index contributed by atoms with van der Waals surface area (Å²) < 4.78 is 6.10. The molecule has 0 aliphatic heterocycles. The first-order valence-corrected chi connectivity index (χ1v) is 24.2. The van der Waals surface area contributed by atoms with Gasteiger partial charge < -0.3 is 11.6 Å². The molecule has 0 fully saturated rings. The summed E-state index contributed by atoms with van der Waals surface area (Å²) in [6.07, 6.45) is 0. The fourth-order valence-corrected chi connectivity index (χ4v) is 49.9. The van der Waals surface area contributed by atoms with Gasteiger partial charge >= 0.3 is 19.5 Å². The molecule has 36 heavy (non-hydrogen) atoms. The molecule has 1 radical (unpaired) electrons. The van der Waals surface area contributed by atoms with Crippen LogP contribution in [0.3, 0.4) is 0 Å². The molecule has 0 unspecified atom stereocenters. The molecule has 0 aromatic carbocycles. The van der Waals surface area contributed by atoms with Gasteiger partial charge in [-0.05, 0) is 133 Å². The van der Waals surface area contributed by atoms with Crippen molar-refractivity contribution in [1.29, 1.82) is 0 Å². The maximum absolute atomic E-state index is 6.10. The third-order valence-corrected chi connectivity index (χ3v) is 37.0. The van der Waals surface area contributed by atoms with Gasteiger partial charge in [0.2, 0.25) is 0 Å². The van der Waals surface area contributed by atoms with Crippen molar-refractivity contribution in [3.63, 3.8) is 0 Å². The second kappa shape index (κ2) is 11.3. The zero-order valence-corrected chi connectivity index (χ0v) is 34.3. The Kier molecular flexibility index (Phi) is 12.5. The normalized spacial score (nSPS) is 16.2. The van der Waals surface area contributed by atoms with Gasteiger partial charge in [-0.1, -0.05) is 40.0 Å². The molecule has 0 amide bonds. The molecule has 0 saturated carbocycles. The van der Waals surface area contributed by atoms with Gasteiger partial charge in [-0.3, -0.25) is 0 Å². The summed E-state index contributed by atoms with van der Waals surface area (Å²) in [5, 5.41) is 1.48. The summed E-state index contributed by atoms with van der Waals surface area (Å²) in [4.78, 5) is 0. The van der Waals surface area contributed by atoms with E-state index in [1.54, 1.807) is 0 Å². The summed E-state index contributed by atoms with van der Waals surface area (Å²) in [5.41, 5.74) is 0. The summed E-state index contributed by atoms with van der Waals surface area (Å²) in [6, 6.07) is 0. The molecule has 0 aliphatic carbocycles. The average Bonchev–Trinajstić information content (AvgIpc) is 2.41. The second-order valence-electron chi connectivity index (χ2n) is 18.3. The molecule has 0 aromatic rings. The number of hydrogen-bond acceptors (Lipinski definition) is 0. The Labute approximate surface area is 247 Å². The minimum absolute atomic E-state index is 0. The van der Waals surface area contributed by atoms with Gasteiger partial charge in [-0.15, -0.1) is 0 Å². The van der Waals surface area contributed by atoms with Crippen molar-refractivity contribution in [2.45, 2.75) is 175 Å². The van der Waals surface area contributed by atoms with Crippen LogP contribution in [0.4, 0.5) is 0 Å². The molecule has 0 rings (SSSR count). The molecule has 0 aliphatic rings. The van der Waals surface area contributed by atoms with Crippen LogP contribution in [-0.2, 0) is 19.5 Å². The van der Waals surface area contributed by atoms with E-state index in [4.69, 9.17) is 11.6 Å². The molecule has 0 bridgehead atoms. The van der Waals surface area contributed by atoms with E-state index >= 15 is 0 Å². The topological polar surface area (TPSA) is 14.1 Å². The first kappa shape index (κ1) is 40.0. The van der Waals surface area contributed by atoms with Gasteiger partial charge in [-0.2, -0.15) is 0 Å². The van der Waals surface area contributed by atoms with Gasteiger partial charge in [0.1, 0.15) is 0 Å². The van der Waals surface area contributed by atoms with Gasteiger partial charge in [0, 0.05) is 18.8 Å². The van der Waals surface area contributed by atoms with E-state index in [1.807, 2.05) is 0 Å². The zero-order chi connectivity index (χ0) is 29.1. The Morgan fingerprint density at radius 2 is 0.667 bits per heavy atom. The van der Waals surface area contributed by atoms with Crippen LogP contribution in [0.5, 0.6) is 0 Å². The van der Waals surface area contributed by atoms with E-state index in [0.717, 1.165) is 0 Å². The van der Waals surface area contributed by atoms with Crippen LogP contribution in [0.1, 0.15) is 118 Å². The van der Waals surface area contributed by atoms with Crippen LogP contribution in [-0.4, -0.2) is 59.0 Å². The fourth-order valence-electron chi connectivity index (χ4n) is 9.29. The first-order chi connectivity index (χ1) is 14.6. The van der Waals surface area contributed by atoms with Crippen molar-refractivity contribution in [1.82, 2.24) is 0 Å². The van der Waals surface area contributed by atoms with Crippen LogP contribution < -0.4 is 0 Å². The molecule has 0 spiro atoms. The molecule has 0 atom stereocenters. The van der Waals surface area contributed by atoms with Gasteiger partial charge in [0.05, 0.1) is 25.8 Å². The Hall–Kier alpha value is 1.88. The predicted molar refractivity (Wildman–Crippen MR) is 181 cm³/mol. The first-order valence-electron chi connectivity index (χ1n) is 14.0. The third kappa shape index (κ3) is 8.00. The van der Waals surface area contributed by atoms with Crippen LogP contribution in [0.2, 0.25) is 26.2 Å². The molecular formula is C30H70NP2RhSi2+2. The minimum atomic E-state index is -1.87. The Balaban J connectivity index is 0. The van der Waals surface area contributed by atoms with E-state index in [1.165, 1.54) is 11.6 Å². The van der Waals surface area contributed by atoms with E-state index in [2.05, 4.69) is 144 Å². The number of nitrogens with zero attached hydrogens (tertiary/aromatic N) is 1. The van der Waals surface area contributed by atoms with Crippen molar-refractivity contribution in [3.05, 3.63) is 11.6 Å². The maximum atomic E-state index is 6.10. The van der Waals surface area contributed by atoms with E-state index in [-0.39, 0.29) is 34.9 Å². The van der Waals surface area contributed by atoms with Crippen molar-refractivity contribution < 1.29 is 19.5 Å².